The largest absolute Gasteiger partial charge is 0.356 e. The molecule has 21 heavy (non-hydrogen) atoms. The molecule has 0 aromatic rings. The Balaban J connectivity index is 2.60. The molecule has 2 aliphatic heterocycles. The first-order valence-corrected chi connectivity index (χ1v) is 9.45. The molecule has 0 aromatic heterocycles. The Morgan fingerprint density at radius 3 is 1.76 bits per heavy atom. The predicted molar refractivity (Wildman–Crippen MR) is 84.9 cm³/mol. The molecule has 0 aliphatic carbocycles. The Morgan fingerprint density at radius 2 is 1.33 bits per heavy atom. The van der Waals surface area contributed by atoms with Gasteiger partial charge < -0.3 is 14.7 Å². The summed E-state index contributed by atoms with van der Waals surface area (Å²) in [6.07, 6.45) is 1.30. The predicted octanol–water partition coefficient (Wildman–Crippen LogP) is 0.754. The lowest BCUT2D eigenvalue weighted by Crippen LogP contribution is -2.58. The molecule has 122 valence electrons. The first kappa shape index (κ1) is 16.3. The van der Waals surface area contributed by atoms with Gasteiger partial charge in [-0.15, -0.1) is 0 Å². The summed E-state index contributed by atoms with van der Waals surface area (Å²) in [5.74, 6) is 1.89. The molecule has 0 spiro atoms. The van der Waals surface area contributed by atoms with Gasteiger partial charge in [0.05, 0.1) is 12.8 Å². The zero-order valence-electron chi connectivity index (χ0n) is 14.0. The second-order valence-electron chi connectivity index (χ2n) is 6.48. The first-order chi connectivity index (χ1) is 9.64. The van der Waals surface area contributed by atoms with Crippen LogP contribution in [-0.4, -0.2) is 79.0 Å². The molecule has 0 atom stereocenters. The second-order valence-corrected chi connectivity index (χ2v) is 8.38. The number of hydrogen-bond acceptors (Lipinski definition) is 5. The summed E-state index contributed by atoms with van der Waals surface area (Å²) in [6, 6.07) is 0.703. The van der Waals surface area contributed by atoms with Crippen LogP contribution in [0.4, 0.5) is 0 Å². The Labute approximate surface area is 129 Å². The smallest absolute Gasteiger partial charge is 0.233 e. The van der Waals surface area contributed by atoms with Crippen LogP contribution in [-0.2, 0) is 10.0 Å². The van der Waals surface area contributed by atoms with Crippen molar-refractivity contribution in [3.63, 3.8) is 0 Å². The average Bonchev–Trinajstić information content (AvgIpc) is 2.36. The molecule has 6 nitrogen and oxygen atoms in total. The van der Waals surface area contributed by atoms with Crippen LogP contribution in [0.5, 0.6) is 0 Å². The molecular weight excluding hydrogens is 288 g/mol. The summed E-state index contributed by atoms with van der Waals surface area (Å²) in [4.78, 5) is 6.73. The summed E-state index contributed by atoms with van der Waals surface area (Å²) < 4.78 is 25.9. The van der Waals surface area contributed by atoms with E-state index < -0.39 is 10.0 Å². The third kappa shape index (κ3) is 2.93. The third-order valence-electron chi connectivity index (χ3n) is 4.21. The van der Waals surface area contributed by atoms with Gasteiger partial charge in [0.1, 0.15) is 5.82 Å². The number of hydrogen-bond donors (Lipinski definition) is 0. The number of nitrogens with zero attached hydrogens (tertiary/aromatic N) is 4. The van der Waals surface area contributed by atoms with Crippen LogP contribution in [0.2, 0.25) is 0 Å². The Bertz CT molecular complexity index is 515. The van der Waals surface area contributed by atoms with E-state index in [4.69, 9.17) is 0 Å². The van der Waals surface area contributed by atoms with E-state index >= 15 is 0 Å². The van der Waals surface area contributed by atoms with Crippen LogP contribution < -0.4 is 0 Å². The lowest BCUT2D eigenvalue weighted by atomic mass is 10.2. The number of rotatable bonds is 3. The van der Waals surface area contributed by atoms with Crippen molar-refractivity contribution < 1.29 is 8.42 Å². The summed E-state index contributed by atoms with van der Waals surface area (Å²) in [5, 5.41) is 0. The van der Waals surface area contributed by atoms with Gasteiger partial charge in [0.25, 0.3) is 0 Å². The molecule has 2 aliphatic rings. The van der Waals surface area contributed by atoms with Gasteiger partial charge in [-0.3, -0.25) is 4.31 Å². The fourth-order valence-electron chi connectivity index (χ4n) is 3.10. The van der Waals surface area contributed by atoms with E-state index in [9.17, 15) is 8.42 Å². The highest BCUT2D eigenvalue weighted by Crippen LogP contribution is 2.32. The maximum absolute atomic E-state index is 12.2. The van der Waals surface area contributed by atoms with Crippen LogP contribution in [0, 0.1) is 0 Å². The Morgan fingerprint density at radius 1 is 0.857 bits per heavy atom. The van der Waals surface area contributed by atoms with Gasteiger partial charge in [-0.25, -0.2) is 8.42 Å². The van der Waals surface area contributed by atoms with E-state index in [0.717, 1.165) is 31.3 Å². The molecule has 0 saturated heterocycles. The van der Waals surface area contributed by atoms with Crippen molar-refractivity contribution in [3.8, 4) is 0 Å². The van der Waals surface area contributed by atoms with Gasteiger partial charge in [-0.05, 0) is 27.7 Å². The molecule has 0 unspecified atom stereocenters. The Kier molecular flexibility index (Phi) is 4.33. The van der Waals surface area contributed by atoms with Crippen molar-refractivity contribution in [2.75, 3.05) is 39.5 Å². The molecule has 2 heterocycles. The lowest BCUT2D eigenvalue weighted by Gasteiger charge is -2.51. The average molecular weight is 316 g/mol. The minimum absolute atomic E-state index is 0.351. The first-order valence-electron chi connectivity index (χ1n) is 7.61. The van der Waals surface area contributed by atoms with Crippen molar-refractivity contribution in [1.29, 1.82) is 0 Å². The molecule has 2 rings (SSSR count). The van der Waals surface area contributed by atoms with Crippen LogP contribution in [0.3, 0.4) is 0 Å². The molecular formula is C14H28N4O2S. The maximum Gasteiger partial charge on any atom is 0.233 e. The van der Waals surface area contributed by atoms with E-state index in [2.05, 4.69) is 42.4 Å². The van der Waals surface area contributed by atoms with Crippen molar-refractivity contribution in [2.45, 2.75) is 39.8 Å². The summed E-state index contributed by atoms with van der Waals surface area (Å²) in [5.41, 5.74) is 0. The fourth-order valence-corrected chi connectivity index (χ4v) is 4.05. The van der Waals surface area contributed by atoms with Crippen LogP contribution >= 0.6 is 0 Å². The van der Waals surface area contributed by atoms with Crippen molar-refractivity contribution in [2.24, 2.45) is 0 Å². The zero-order valence-corrected chi connectivity index (χ0v) is 14.8. The van der Waals surface area contributed by atoms with E-state index in [1.165, 1.54) is 6.26 Å². The summed E-state index contributed by atoms with van der Waals surface area (Å²) in [7, 11) is -1.27. The van der Waals surface area contributed by atoms with Gasteiger partial charge in [-0.1, -0.05) is 0 Å². The van der Waals surface area contributed by atoms with E-state index in [1.807, 2.05) is 7.05 Å². The van der Waals surface area contributed by atoms with Gasteiger partial charge >= 0.3 is 0 Å². The molecule has 0 N–H and O–H groups in total. The van der Waals surface area contributed by atoms with E-state index in [-0.39, 0.29) is 0 Å². The number of likely N-dealkylation sites (N-methyl/N-ethyl adjacent to an activating group) is 1. The van der Waals surface area contributed by atoms with Gasteiger partial charge in [0, 0.05) is 38.8 Å². The second kappa shape index (κ2) is 5.59. The quantitative estimate of drug-likeness (QED) is 0.769. The normalized spacial score (nSPS) is 20.8. The summed E-state index contributed by atoms with van der Waals surface area (Å²) in [6.45, 7) is 11.7. The molecule has 0 saturated carbocycles. The molecule has 0 aromatic carbocycles. The highest BCUT2D eigenvalue weighted by atomic mass is 32.2. The summed E-state index contributed by atoms with van der Waals surface area (Å²) >= 11 is 0. The van der Waals surface area contributed by atoms with Crippen molar-refractivity contribution in [1.82, 2.24) is 19.0 Å². The fraction of sp³-hybridized carbons (Fsp3) is 0.857. The SMILES string of the molecule is CC(C)N1CCN(C)C2=C1N(C(C)C)CCN2S(C)(=O)=O. The van der Waals surface area contributed by atoms with E-state index in [0.29, 0.717) is 18.6 Å². The molecule has 0 bridgehead atoms. The Hall–Kier alpha value is -1.11. The van der Waals surface area contributed by atoms with Gasteiger partial charge in [0.15, 0.2) is 5.82 Å². The number of sulfonamides is 1. The van der Waals surface area contributed by atoms with Crippen molar-refractivity contribution >= 4 is 10.0 Å². The molecule has 0 radical (unpaired) electrons. The standard InChI is InChI=1S/C14H28N4O2S/c1-11(2)16-8-7-15(5)13-14(16)17(12(3)4)9-10-18(13)21(6,19)20/h11-12H,7-10H2,1-6H3. The minimum atomic E-state index is -3.25. The van der Waals surface area contributed by atoms with Crippen molar-refractivity contribution in [3.05, 3.63) is 11.6 Å². The highest BCUT2D eigenvalue weighted by molar-refractivity contribution is 7.88. The zero-order chi connectivity index (χ0) is 15.9. The highest BCUT2D eigenvalue weighted by Gasteiger charge is 2.39. The van der Waals surface area contributed by atoms with Crippen LogP contribution in [0.15, 0.2) is 11.6 Å². The third-order valence-corrected chi connectivity index (χ3v) is 5.37. The van der Waals surface area contributed by atoms with Crippen LogP contribution in [0.25, 0.3) is 0 Å². The minimum Gasteiger partial charge on any atom is -0.356 e. The van der Waals surface area contributed by atoms with E-state index in [1.54, 1.807) is 4.31 Å². The lowest BCUT2D eigenvalue weighted by molar-refractivity contribution is 0.0720. The van der Waals surface area contributed by atoms with Gasteiger partial charge in [-0.2, -0.15) is 0 Å². The monoisotopic (exact) mass is 316 g/mol. The van der Waals surface area contributed by atoms with Crippen LogP contribution in [0.1, 0.15) is 27.7 Å². The topological polar surface area (TPSA) is 47.1 Å². The molecule has 7 heteroatoms. The van der Waals surface area contributed by atoms with Gasteiger partial charge in [0.2, 0.25) is 10.0 Å². The molecule has 0 fully saturated rings. The maximum atomic E-state index is 12.2. The molecule has 0 amide bonds.